The topological polar surface area (TPSA) is 76.2 Å². The Bertz CT molecular complexity index is 831. The summed E-state index contributed by atoms with van der Waals surface area (Å²) in [5.41, 5.74) is 0.822. The molecule has 0 radical (unpaired) electrons. The van der Waals surface area contributed by atoms with E-state index < -0.39 is 6.29 Å². The van der Waals surface area contributed by atoms with E-state index in [-0.39, 0.29) is 23.4 Å². The van der Waals surface area contributed by atoms with Crippen molar-refractivity contribution < 1.29 is 23.0 Å². The molecule has 0 atom stereocenters. The molecular formula is C13H7F2N3O3S. The van der Waals surface area contributed by atoms with E-state index in [0.29, 0.717) is 15.9 Å². The van der Waals surface area contributed by atoms with Crippen molar-refractivity contribution >= 4 is 34.2 Å². The first-order chi connectivity index (χ1) is 10.5. The molecule has 0 fully saturated rings. The molecule has 0 saturated heterocycles. The lowest BCUT2D eigenvalue weighted by Crippen LogP contribution is -2.25. The quantitative estimate of drug-likeness (QED) is 0.759. The van der Waals surface area contributed by atoms with Crippen LogP contribution in [0.25, 0.3) is 11.0 Å². The molecule has 0 spiro atoms. The Kier molecular flexibility index (Phi) is 2.61. The Balaban J connectivity index is 1.64. The minimum atomic E-state index is -3.67. The number of fused-ring (bicyclic) bond motifs is 2. The van der Waals surface area contributed by atoms with Gasteiger partial charge in [-0.15, -0.1) is 20.1 Å². The average molecular weight is 323 g/mol. The van der Waals surface area contributed by atoms with Crippen LogP contribution in [0.5, 0.6) is 11.5 Å². The summed E-state index contributed by atoms with van der Waals surface area (Å²) in [4.78, 5) is 19.4. The zero-order chi connectivity index (χ0) is 15.3. The first-order valence-corrected chi connectivity index (χ1v) is 7.03. The van der Waals surface area contributed by atoms with E-state index in [9.17, 15) is 13.6 Å². The fraction of sp³-hybridized carbons (Fsp3) is 0.0769. The molecule has 0 bridgehead atoms. The number of thiophene rings is 1. The van der Waals surface area contributed by atoms with Crippen LogP contribution in [0.3, 0.4) is 0 Å². The molecule has 1 aliphatic rings. The van der Waals surface area contributed by atoms with Crippen molar-refractivity contribution in [2.75, 3.05) is 5.32 Å². The number of nitrogens with zero attached hydrogens (tertiary/aromatic N) is 1. The SMILES string of the molecule is O=C(Nc1nc2cc3c(cc2[nH]1)OC(F)(F)O3)c1cccs1. The lowest BCUT2D eigenvalue weighted by molar-refractivity contribution is -0.286. The predicted molar refractivity (Wildman–Crippen MR) is 74.6 cm³/mol. The molecule has 0 saturated carbocycles. The van der Waals surface area contributed by atoms with E-state index in [1.807, 2.05) is 0 Å². The zero-order valence-corrected chi connectivity index (χ0v) is 11.5. The van der Waals surface area contributed by atoms with Crippen LogP contribution in [0.2, 0.25) is 0 Å². The summed E-state index contributed by atoms with van der Waals surface area (Å²) in [6.45, 7) is 0. The number of aromatic amines is 1. The van der Waals surface area contributed by atoms with Crippen LogP contribution in [0.4, 0.5) is 14.7 Å². The van der Waals surface area contributed by atoms with E-state index in [1.165, 1.54) is 23.5 Å². The number of alkyl halides is 2. The molecule has 9 heteroatoms. The van der Waals surface area contributed by atoms with Gasteiger partial charge >= 0.3 is 6.29 Å². The van der Waals surface area contributed by atoms with Crippen molar-refractivity contribution in [1.82, 2.24) is 9.97 Å². The highest BCUT2D eigenvalue weighted by atomic mass is 32.1. The van der Waals surface area contributed by atoms with Gasteiger partial charge in [0, 0.05) is 12.1 Å². The zero-order valence-electron chi connectivity index (χ0n) is 10.7. The summed E-state index contributed by atoms with van der Waals surface area (Å²) >= 11 is 1.30. The molecule has 3 heterocycles. The van der Waals surface area contributed by atoms with Gasteiger partial charge < -0.3 is 14.5 Å². The second-order valence-corrected chi connectivity index (χ2v) is 5.45. The van der Waals surface area contributed by atoms with Gasteiger partial charge in [0.25, 0.3) is 5.91 Å². The first-order valence-electron chi connectivity index (χ1n) is 6.15. The van der Waals surface area contributed by atoms with Gasteiger partial charge in [-0.3, -0.25) is 10.1 Å². The summed E-state index contributed by atoms with van der Waals surface area (Å²) in [6.07, 6.45) is -3.67. The van der Waals surface area contributed by atoms with Crippen molar-refractivity contribution in [2.45, 2.75) is 6.29 Å². The van der Waals surface area contributed by atoms with Crippen molar-refractivity contribution in [3.8, 4) is 11.5 Å². The summed E-state index contributed by atoms with van der Waals surface area (Å²) < 4.78 is 34.7. The summed E-state index contributed by atoms with van der Waals surface area (Å²) in [5.74, 6) is -0.276. The monoisotopic (exact) mass is 323 g/mol. The van der Waals surface area contributed by atoms with Crippen molar-refractivity contribution in [1.29, 1.82) is 0 Å². The molecule has 1 amide bonds. The molecule has 1 aliphatic heterocycles. The molecule has 1 aromatic carbocycles. The molecule has 6 nitrogen and oxygen atoms in total. The number of aromatic nitrogens is 2. The Morgan fingerprint density at radius 3 is 2.82 bits per heavy atom. The summed E-state index contributed by atoms with van der Waals surface area (Å²) in [5, 5.41) is 4.38. The van der Waals surface area contributed by atoms with Crippen molar-refractivity contribution in [3.63, 3.8) is 0 Å². The number of hydrogen-bond donors (Lipinski definition) is 2. The number of halogens is 2. The van der Waals surface area contributed by atoms with Gasteiger partial charge in [-0.1, -0.05) is 6.07 Å². The molecule has 4 rings (SSSR count). The van der Waals surface area contributed by atoms with E-state index in [1.54, 1.807) is 17.5 Å². The number of ether oxygens (including phenoxy) is 2. The summed E-state index contributed by atoms with van der Waals surface area (Å²) in [7, 11) is 0. The number of hydrogen-bond acceptors (Lipinski definition) is 5. The maximum Gasteiger partial charge on any atom is 0.586 e. The first kappa shape index (κ1) is 13.0. The highest BCUT2D eigenvalue weighted by Gasteiger charge is 2.43. The second-order valence-electron chi connectivity index (χ2n) is 4.50. The molecule has 0 unspecified atom stereocenters. The largest absolute Gasteiger partial charge is 0.586 e. The smallest absolute Gasteiger partial charge is 0.395 e. The number of carbonyl (C=O) groups excluding carboxylic acids is 1. The number of carbonyl (C=O) groups is 1. The van der Waals surface area contributed by atoms with Gasteiger partial charge in [0.1, 0.15) is 0 Å². The number of rotatable bonds is 2. The minimum absolute atomic E-state index is 0.0858. The molecule has 112 valence electrons. The van der Waals surface area contributed by atoms with Gasteiger partial charge in [-0.25, -0.2) is 4.98 Å². The molecule has 3 aromatic rings. The second kappa shape index (κ2) is 4.41. The number of amides is 1. The van der Waals surface area contributed by atoms with Gasteiger partial charge in [0.2, 0.25) is 5.95 Å². The van der Waals surface area contributed by atoms with E-state index >= 15 is 0 Å². The average Bonchev–Trinajstić information content (AvgIpc) is 3.11. The van der Waals surface area contributed by atoms with Crippen LogP contribution < -0.4 is 14.8 Å². The summed E-state index contributed by atoms with van der Waals surface area (Å²) in [6, 6.07) is 6.11. The highest BCUT2D eigenvalue weighted by Crippen LogP contribution is 2.42. The maximum absolute atomic E-state index is 13.0. The molecule has 2 N–H and O–H groups in total. The molecular weight excluding hydrogens is 316 g/mol. The number of anilines is 1. The normalized spacial score (nSPS) is 15.2. The van der Waals surface area contributed by atoms with E-state index in [0.717, 1.165) is 0 Å². The van der Waals surface area contributed by atoms with Crippen LogP contribution in [-0.4, -0.2) is 22.2 Å². The lowest BCUT2D eigenvalue weighted by Gasteiger charge is -2.04. The third kappa shape index (κ3) is 2.15. The molecule has 2 aromatic heterocycles. The van der Waals surface area contributed by atoms with Gasteiger partial charge in [0.05, 0.1) is 15.9 Å². The van der Waals surface area contributed by atoms with Gasteiger partial charge in [-0.2, -0.15) is 0 Å². The maximum atomic E-state index is 13.0. The van der Waals surface area contributed by atoms with Crippen molar-refractivity contribution in [3.05, 3.63) is 34.5 Å². The highest BCUT2D eigenvalue weighted by molar-refractivity contribution is 7.12. The van der Waals surface area contributed by atoms with Crippen LogP contribution in [0.15, 0.2) is 29.6 Å². The number of H-pyrrole nitrogens is 1. The number of imidazole rings is 1. The fourth-order valence-electron chi connectivity index (χ4n) is 2.09. The van der Waals surface area contributed by atoms with Gasteiger partial charge in [-0.05, 0) is 11.4 Å². The third-order valence-electron chi connectivity index (χ3n) is 2.98. The van der Waals surface area contributed by atoms with E-state index in [4.69, 9.17) is 0 Å². The van der Waals surface area contributed by atoms with Crippen LogP contribution >= 0.6 is 11.3 Å². The predicted octanol–water partition coefficient (Wildman–Crippen LogP) is 3.20. The fourth-order valence-corrected chi connectivity index (χ4v) is 2.71. The van der Waals surface area contributed by atoms with Crippen LogP contribution in [0, 0.1) is 0 Å². The molecule has 0 aliphatic carbocycles. The lowest BCUT2D eigenvalue weighted by atomic mass is 10.3. The van der Waals surface area contributed by atoms with Crippen LogP contribution in [0.1, 0.15) is 9.67 Å². The standard InChI is InChI=1S/C13H7F2N3O3S/c14-13(15)20-8-4-6-7(5-9(8)21-13)17-12(16-6)18-11(19)10-2-1-3-22-10/h1-5H,(H2,16,17,18,19). The number of nitrogens with one attached hydrogen (secondary N) is 2. The minimum Gasteiger partial charge on any atom is -0.395 e. The van der Waals surface area contributed by atoms with Crippen molar-refractivity contribution in [2.24, 2.45) is 0 Å². The third-order valence-corrected chi connectivity index (χ3v) is 3.85. The Hall–Kier alpha value is -2.68. The Labute approximate surface area is 125 Å². The van der Waals surface area contributed by atoms with E-state index in [2.05, 4.69) is 24.8 Å². The Morgan fingerprint density at radius 1 is 1.32 bits per heavy atom. The number of benzene rings is 1. The molecule has 22 heavy (non-hydrogen) atoms. The Morgan fingerprint density at radius 2 is 2.09 bits per heavy atom. The van der Waals surface area contributed by atoms with Gasteiger partial charge in [0.15, 0.2) is 11.5 Å². The van der Waals surface area contributed by atoms with Crippen LogP contribution in [-0.2, 0) is 0 Å².